The van der Waals surface area contributed by atoms with Gasteiger partial charge in [-0.25, -0.2) is 4.39 Å². The van der Waals surface area contributed by atoms with Crippen molar-refractivity contribution >= 4 is 17.5 Å². The van der Waals surface area contributed by atoms with Gasteiger partial charge in [0.05, 0.1) is 18.5 Å². The summed E-state index contributed by atoms with van der Waals surface area (Å²) in [6, 6.07) is 21.0. The maximum Gasteiger partial charge on any atom is 0.261 e. The Bertz CT molecular complexity index is 1130. The molecule has 2 atom stereocenters. The van der Waals surface area contributed by atoms with Crippen LogP contribution in [0.1, 0.15) is 48.9 Å². The topological polar surface area (TPSA) is 58.6 Å². The van der Waals surface area contributed by atoms with Crippen LogP contribution in [0.5, 0.6) is 5.75 Å². The molecule has 0 aliphatic carbocycles. The fourth-order valence-electron chi connectivity index (χ4n) is 4.18. The lowest BCUT2D eigenvalue weighted by molar-refractivity contribution is -0.135. The largest absolute Gasteiger partial charge is 0.483 e. The van der Waals surface area contributed by atoms with Gasteiger partial charge in [-0.1, -0.05) is 49.4 Å². The molecule has 1 aliphatic rings. The first kappa shape index (κ1) is 22.5. The van der Waals surface area contributed by atoms with Crippen LogP contribution in [0, 0.1) is 5.82 Å². The second kappa shape index (κ2) is 9.86. The molecule has 4 rings (SSSR count). The fraction of sp³-hybridized carbons (Fsp3) is 0.259. The molecule has 1 N–H and O–H groups in total. The Hall–Kier alpha value is -3.67. The van der Waals surface area contributed by atoms with Gasteiger partial charge >= 0.3 is 0 Å². The Balaban J connectivity index is 1.55. The number of nitrogens with zero attached hydrogens (tertiary/aromatic N) is 1. The van der Waals surface area contributed by atoms with E-state index in [2.05, 4.69) is 5.32 Å². The molecular weight excluding hydrogens is 419 g/mol. The van der Waals surface area contributed by atoms with Gasteiger partial charge in [-0.2, -0.15) is 0 Å². The molecule has 0 saturated heterocycles. The Labute approximate surface area is 193 Å². The van der Waals surface area contributed by atoms with E-state index in [1.807, 2.05) is 50.2 Å². The van der Waals surface area contributed by atoms with Crippen molar-refractivity contribution in [2.75, 3.05) is 11.9 Å². The fourth-order valence-corrected chi connectivity index (χ4v) is 4.18. The minimum atomic E-state index is -0.317. The molecule has 1 heterocycles. The van der Waals surface area contributed by atoms with Gasteiger partial charge in [0, 0.05) is 11.3 Å². The first-order valence-corrected chi connectivity index (χ1v) is 11.1. The average molecular weight is 447 g/mol. The summed E-state index contributed by atoms with van der Waals surface area (Å²) < 4.78 is 19.1. The summed E-state index contributed by atoms with van der Waals surface area (Å²) in [7, 11) is 0. The SMILES string of the molecule is CC[C@H](C(=O)Nc1ccc2c(c1)CN([C@@H](C)c1ccc(F)cc1)C(=O)CO2)c1ccccc1. The molecule has 3 aromatic carbocycles. The molecule has 5 nitrogen and oxygen atoms in total. The van der Waals surface area contributed by atoms with Crippen molar-refractivity contribution < 1.29 is 18.7 Å². The number of carbonyl (C=O) groups excluding carboxylic acids is 2. The quantitative estimate of drug-likeness (QED) is 0.549. The summed E-state index contributed by atoms with van der Waals surface area (Å²) >= 11 is 0. The summed E-state index contributed by atoms with van der Waals surface area (Å²) in [4.78, 5) is 27.5. The van der Waals surface area contributed by atoms with Gasteiger partial charge in [0.1, 0.15) is 11.6 Å². The standard InChI is InChI=1S/C27H27FN2O3/c1-3-24(20-7-5-4-6-8-20)27(32)29-23-13-14-25-21(15-23)16-30(26(31)17-33-25)18(2)19-9-11-22(28)12-10-19/h4-15,18,24H,3,16-17H2,1-2H3,(H,29,32)/t18-,24-/m0/s1. The first-order chi connectivity index (χ1) is 16.0. The first-order valence-electron chi connectivity index (χ1n) is 11.1. The summed E-state index contributed by atoms with van der Waals surface area (Å²) in [5.74, 6) is -0.180. The van der Waals surface area contributed by atoms with Crippen molar-refractivity contribution in [3.05, 3.63) is 95.3 Å². The molecule has 33 heavy (non-hydrogen) atoms. The molecule has 170 valence electrons. The molecule has 3 aromatic rings. The Kier molecular flexibility index (Phi) is 6.73. The van der Waals surface area contributed by atoms with Crippen LogP contribution in [0.25, 0.3) is 0 Å². The van der Waals surface area contributed by atoms with Gasteiger partial charge in [-0.05, 0) is 54.8 Å². The van der Waals surface area contributed by atoms with Crippen LogP contribution in [0.4, 0.5) is 10.1 Å². The van der Waals surface area contributed by atoms with Crippen LogP contribution in [0.15, 0.2) is 72.8 Å². The van der Waals surface area contributed by atoms with Gasteiger partial charge in [-0.3, -0.25) is 9.59 Å². The maximum atomic E-state index is 13.3. The van der Waals surface area contributed by atoms with E-state index in [-0.39, 0.29) is 36.2 Å². The number of fused-ring (bicyclic) bond motifs is 1. The molecule has 0 unspecified atom stereocenters. The molecular formula is C27H27FN2O3. The zero-order valence-electron chi connectivity index (χ0n) is 18.8. The maximum absolute atomic E-state index is 13.3. The number of halogens is 1. The number of hydrogen-bond acceptors (Lipinski definition) is 3. The van der Waals surface area contributed by atoms with Crippen LogP contribution >= 0.6 is 0 Å². The van der Waals surface area contributed by atoms with Crippen LogP contribution in [-0.4, -0.2) is 23.3 Å². The van der Waals surface area contributed by atoms with Crippen molar-refractivity contribution in [3.63, 3.8) is 0 Å². The summed E-state index contributed by atoms with van der Waals surface area (Å²) in [5, 5.41) is 3.02. The van der Waals surface area contributed by atoms with E-state index >= 15 is 0 Å². The van der Waals surface area contributed by atoms with Crippen LogP contribution in [0.2, 0.25) is 0 Å². The number of amides is 2. The van der Waals surface area contributed by atoms with Crippen LogP contribution < -0.4 is 10.1 Å². The average Bonchev–Trinajstić information content (AvgIpc) is 2.99. The molecule has 2 amide bonds. The highest BCUT2D eigenvalue weighted by atomic mass is 19.1. The van der Waals surface area contributed by atoms with Crippen molar-refractivity contribution in [1.29, 1.82) is 0 Å². The number of nitrogens with one attached hydrogen (secondary N) is 1. The molecule has 0 spiro atoms. The second-order valence-corrected chi connectivity index (χ2v) is 8.22. The lowest BCUT2D eigenvalue weighted by Crippen LogP contribution is -2.34. The van der Waals surface area contributed by atoms with Crippen molar-refractivity contribution in [1.82, 2.24) is 4.90 Å². The zero-order valence-corrected chi connectivity index (χ0v) is 18.8. The third-order valence-electron chi connectivity index (χ3n) is 6.09. The van der Waals surface area contributed by atoms with E-state index in [0.29, 0.717) is 24.4 Å². The smallest absolute Gasteiger partial charge is 0.261 e. The third-order valence-corrected chi connectivity index (χ3v) is 6.09. The molecule has 0 bridgehead atoms. The van der Waals surface area contributed by atoms with Gasteiger partial charge in [0.2, 0.25) is 5.91 Å². The molecule has 1 aliphatic heterocycles. The number of anilines is 1. The minimum absolute atomic E-state index is 0.0733. The Morgan fingerprint density at radius 1 is 1.06 bits per heavy atom. The molecule has 0 saturated carbocycles. The number of hydrogen-bond donors (Lipinski definition) is 1. The minimum Gasteiger partial charge on any atom is -0.483 e. The van der Waals surface area contributed by atoms with Gasteiger partial charge in [-0.15, -0.1) is 0 Å². The van der Waals surface area contributed by atoms with Gasteiger partial charge in [0.25, 0.3) is 5.91 Å². The highest BCUT2D eigenvalue weighted by Gasteiger charge is 2.27. The summed E-state index contributed by atoms with van der Waals surface area (Å²) in [6.07, 6.45) is 0.682. The lowest BCUT2D eigenvalue weighted by atomic mass is 9.95. The van der Waals surface area contributed by atoms with E-state index in [0.717, 1.165) is 16.7 Å². The monoisotopic (exact) mass is 446 g/mol. The van der Waals surface area contributed by atoms with Crippen LogP contribution in [-0.2, 0) is 16.1 Å². The van der Waals surface area contributed by atoms with Gasteiger partial charge < -0.3 is 15.0 Å². The van der Waals surface area contributed by atoms with E-state index in [9.17, 15) is 14.0 Å². The highest BCUT2D eigenvalue weighted by Crippen LogP contribution is 2.32. The van der Waals surface area contributed by atoms with E-state index in [4.69, 9.17) is 4.74 Å². The number of carbonyl (C=O) groups is 2. The number of ether oxygens (including phenoxy) is 1. The van der Waals surface area contributed by atoms with Crippen molar-refractivity contribution in [3.8, 4) is 5.75 Å². The molecule has 0 aromatic heterocycles. The van der Waals surface area contributed by atoms with Crippen molar-refractivity contribution in [2.45, 2.75) is 38.8 Å². The zero-order chi connectivity index (χ0) is 23.4. The molecule has 0 fully saturated rings. The predicted octanol–water partition coefficient (Wildman–Crippen LogP) is 5.44. The van der Waals surface area contributed by atoms with Crippen LogP contribution in [0.3, 0.4) is 0 Å². The molecule has 6 heteroatoms. The number of rotatable bonds is 6. The predicted molar refractivity (Wildman–Crippen MR) is 125 cm³/mol. The van der Waals surface area contributed by atoms with E-state index in [1.165, 1.54) is 12.1 Å². The lowest BCUT2D eigenvalue weighted by Gasteiger charge is -2.28. The second-order valence-electron chi connectivity index (χ2n) is 8.22. The number of benzene rings is 3. The van der Waals surface area contributed by atoms with E-state index < -0.39 is 0 Å². The summed E-state index contributed by atoms with van der Waals surface area (Å²) in [5.41, 5.74) is 3.27. The Morgan fingerprint density at radius 2 is 1.79 bits per heavy atom. The normalized spacial score (nSPS) is 15.1. The van der Waals surface area contributed by atoms with E-state index in [1.54, 1.807) is 29.2 Å². The summed E-state index contributed by atoms with van der Waals surface area (Å²) in [6.45, 7) is 4.15. The van der Waals surface area contributed by atoms with Gasteiger partial charge in [0.15, 0.2) is 6.61 Å². The van der Waals surface area contributed by atoms with Crippen molar-refractivity contribution in [2.24, 2.45) is 0 Å². The molecule has 0 radical (unpaired) electrons. The Morgan fingerprint density at radius 3 is 2.48 bits per heavy atom. The third kappa shape index (κ3) is 5.06. The highest BCUT2D eigenvalue weighted by molar-refractivity contribution is 5.96.